The molecule has 0 aromatic carbocycles. The number of amides is 1. The molecule has 2 aliphatic rings. The van der Waals surface area contributed by atoms with Crippen LogP contribution in [0.4, 0.5) is 0 Å². The summed E-state index contributed by atoms with van der Waals surface area (Å²) < 4.78 is 32.6. The Kier molecular flexibility index (Phi) is 5.45. The van der Waals surface area contributed by atoms with Gasteiger partial charge in [0, 0.05) is 39.0 Å². The van der Waals surface area contributed by atoms with Crippen LogP contribution >= 0.6 is 27.5 Å². The zero-order valence-electron chi connectivity index (χ0n) is 12.8. The highest BCUT2D eigenvalue weighted by Crippen LogP contribution is 2.25. The summed E-state index contributed by atoms with van der Waals surface area (Å²) in [6.07, 6.45) is 2.50. The highest BCUT2D eigenvalue weighted by Gasteiger charge is 2.34. The molecular weight excluding hydrogens is 422 g/mol. The molecule has 2 aliphatic heterocycles. The summed E-state index contributed by atoms with van der Waals surface area (Å²) in [5.41, 5.74) is 0. The standard InChI is InChI=1S/C14H17BrClN3O4S/c15-11-8-10(9-17-13(11)16)24(21,22)19-5-3-18(4-6-19)14(20)12-2-1-7-23-12/h8-9,12H,1-7H2. The van der Waals surface area contributed by atoms with Gasteiger partial charge in [-0.15, -0.1) is 0 Å². The molecule has 1 atom stereocenters. The number of nitrogens with zero attached hydrogens (tertiary/aromatic N) is 3. The molecule has 1 unspecified atom stereocenters. The molecular formula is C14H17BrClN3O4S. The molecule has 0 aliphatic carbocycles. The summed E-state index contributed by atoms with van der Waals surface area (Å²) >= 11 is 8.99. The molecule has 0 spiro atoms. The predicted octanol–water partition coefficient (Wildman–Crippen LogP) is 1.51. The van der Waals surface area contributed by atoms with Crippen molar-refractivity contribution in [2.24, 2.45) is 0 Å². The van der Waals surface area contributed by atoms with E-state index >= 15 is 0 Å². The minimum absolute atomic E-state index is 0.0412. The zero-order valence-corrected chi connectivity index (χ0v) is 16.0. The van der Waals surface area contributed by atoms with Crippen LogP contribution < -0.4 is 0 Å². The fourth-order valence-corrected chi connectivity index (χ4v) is 4.82. The van der Waals surface area contributed by atoms with Crippen LogP contribution in [0.15, 0.2) is 21.6 Å². The van der Waals surface area contributed by atoms with E-state index < -0.39 is 10.0 Å². The minimum Gasteiger partial charge on any atom is -0.368 e. The smallest absolute Gasteiger partial charge is 0.251 e. The Morgan fingerprint density at radius 1 is 1.33 bits per heavy atom. The van der Waals surface area contributed by atoms with Gasteiger partial charge in [0.15, 0.2) is 0 Å². The quantitative estimate of drug-likeness (QED) is 0.668. The predicted molar refractivity (Wildman–Crippen MR) is 91.3 cm³/mol. The molecule has 3 heterocycles. The van der Waals surface area contributed by atoms with E-state index in [0.29, 0.717) is 24.2 Å². The third kappa shape index (κ3) is 3.60. The van der Waals surface area contributed by atoms with Gasteiger partial charge in [-0.1, -0.05) is 11.6 Å². The summed E-state index contributed by atoms with van der Waals surface area (Å²) in [5, 5.41) is 0.209. The lowest BCUT2D eigenvalue weighted by molar-refractivity contribution is -0.142. The Labute approximate surface area is 154 Å². The van der Waals surface area contributed by atoms with Gasteiger partial charge in [-0.25, -0.2) is 13.4 Å². The van der Waals surface area contributed by atoms with Crippen LogP contribution in [0.25, 0.3) is 0 Å². The van der Waals surface area contributed by atoms with E-state index in [1.807, 2.05) is 0 Å². The van der Waals surface area contributed by atoms with E-state index in [1.165, 1.54) is 16.6 Å². The van der Waals surface area contributed by atoms with Crippen LogP contribution in [0.3, 0.4) is 0 Å². The molecule has 0 bridgehead atoms. The SMILES string of the molecule is O=C(C1CCCO1)N1CCN(S(=O)(=O)c2cnc(Cl)c(Br)c2)CC1. The Morgan fingerprint density at radius 2 is 2.04 bits per heavy atom. The first-order valence-corrected chi connectivity index (χ1v) is 10.2. The number of hydrogen-bond donors (Lipinski definition) is 0. The number of piperazine rings is 1. The van der Waals surface area contributed by atoms with Crippen molar-refractivity contribution in [1.29, 1.82) is 0 Å². The van der Waals surface area contributed by atoms with Crippen molar-refractivity contribution in [2.45, 2.75) is 23.8 Å². The number of ether oxygens (including phenoxy) is 1. The highest BCUT2D eigenvalue weighted by molar-refractivity contribution is 9.10. The summed E-state index contributed by atoms with van der Waals surface area (Å²) in [5.74, 6) is -0.0412. The minimum atomic E-state index is -3.66. The Morgan fingerprint density at radius 3 is 2.62 bits per heavy atom. The number of carbonyl (C=O) groups is 1. The Balaban J connectivity index is 1.67. The molecule has 2 fully saturated rings. The van der Waals surface area contributed by atoms with E-state index in [4.69, 9.17) is 16.3 Å². The van der Waals surface area contributed by atoms with Gasteiger partial charge in [-0.3, -0.25) is 4.79 Å². The number of hydrogen-bond acceptors (Lipinski definition) is 5. The van der Waals surface area contributed by atoms with Crippen molar-refractivity contribution in [3.05, 3.63) is 21.9 Å². The Hall–Kier alpha value is -0.740. The Bertz CT molecular complexity index is 732. The van der Waals surface area contributed by atoms with Gasteiger partial charge < -0.3 is 9.64 Å². The first-order chi connectivity index (χ1) is 11.4. The molecule has 1 aromatic rings. The highest BCUT2D eigenvalue weighted by atomic mass is 79.9. The van der Waals surface area contributed by atoms with Gasteiger partial charge >= 0.3 is 0 Å². The number of rotatable bonds is 3. The number of pyridine rings is 1. The lowest BCUT2D eigenvalue weighted by atomic mass is 10.2. The van der Waals surface area contributed by atoms with Gasteiger partial charge in [0.1, 0.15) is 16.2 Å². The van der Waals surface area contributed by atoms with Gasteiger partial charge in [0.25, 0.3) is 5.91 Å². The van der Waals surface area contributed by atoms with Gasteiger partial charge in [0.05, 0.1) is 4.47 Å². The maximum Gasteiger partial charge on any atom is 0.251 e. The average molecular weight is 439 g/mol. The summed E-state index contributed by atoms with van der Waals surface area (Å²) in [6, 6.07) is 1.44. The molecule has 3 rings (SSSR count). The summed E-state index contributed by atoms with van der Waals surface area (Å²) in [4.78, 5) is 17.9. The van der Waals surface area contributed by atoms with Crippen LogP contribution in [0, 0.1) is 0 Å². The van der Waals surface area contributed by atoms with Crippen LogP contribution in [-0.4, -0.2) is 67.4 Å². The lowest BCUT2D eigenvalue weighted by Crippen LogP contribution is -2.52. The average Bonchev–Trinajstić information content (AvgIpc) is 3.11. The zero-order chi connectivity index (χ0) is 17.3. The number of sulfonamides is 1. The monoisotopic (exact) mass is 437 g/mol. The number of aromatic nitrogens is 1. The van der Waals surface area contributed by atoms with Crippen molar-refractivity contribution in [3.8, 4) is 0 Å². The van der Waals surface area contributed by atoms with E-state index in [0.717, 1.165) is 12.8 Å². The molecule has 0 radical (unpaired) electrons. The topological polar surface area (TPSA) is 79.8 Å². The third-order valence-corrected chi connectivity index (χ3v) is 7.16. The normalized spacial score (nSPS) is 22.8. The molecule has 2 saturated heterocycles. The van der Waals surface area contributed by atoms with Crippen LogP contribution in [0.5, 0.6) is 0 Å². The van der Waals surface area contributed by atoms with Crippen LogP contribution in [0.2, 0.25) is 5.15 Å². The molecule has 1 amide bonds. The van der Waals surface area contributed by atoms with Gasteiger partial charge in [-0.2, -0.15) is 4.31 Å². The van der Waals surface area contributed by atoms with Gasteiger partial charge in [0.2, 0.25) is 10.0 Å². The number of halogens is 2. The molecule has 7 nitrogen and oxygen atoms in total. The van der Waals surface area contributed by atoms with Crippen LogP contribution in [-0.2, 0) is 19.6 Å². The maximum atomic E-state index is 12.7. The number of carbonyl (C=O) groups excluding carboxylic acids is 1. The maximum absolute atomic E-state index is 12.7. The first-order valence-electron chi connectivity index (χ1n) is 7.61. The van der Waals surface area contributed by atoms with Crippen molar-refractivity contribution in [3.63, 3.8) is 0 Å². The third-order valence-electron chi connectivity index (χ3n) is 4.16. The van der Waals surface area contributed by atoms with E-state index in [1.54, 1.807) is 4.90 Å². The first kappa shape index (κ1) is 18.1. The lowest BCUT2D eigenvalue weighted by Gasteiger charge is -2.35. The van der Waals surface area contributed by atoms with Gasteiger partial charge in [-0.05, 0) is 34.8 Å². The van der Waals surface area contributed by atoms with E-state index in [9.17, 15) is 13.2 Å². The van der Waals surface area contributed by atoms with Crippen LogP contribution in [0.1, 0.15) is 12.8 Å². The molecule has 0 N–H and O–H groups in total. The van der Waals surface area contributed by atoms with E-state index in [-0.39, 0.29) is 35.1 Å². The molecule has 132 valence electrons. The summed E-state index contributed by atoms with van der Waals surface area (Å²) in [6.45, 7) is 1.84. The second-order valence-electron chi connectivity index (χ2n) is 5.67. The van der Waals surface area contributed by atoms with E-state index in [2.05, 4.69) is 20.9 Å². The van der Waals surface area contributed by atoms with Crippen molar-refractivity contribution in [1.82, 2.24) is 14.2 Å². The molecule has 10 heteroatoms. The van der Waals surface area contributed by atoms with Crippen molar-refractivity contribution < 1.29 is 17.9 Å². The molecule has 1 aromatic heterocycles. The largest absolute Gasteiger partial charge is 0.368 e. The van der Waals surface area contributed by atoms with Crippen molar-refractivity contribution in [2.75, 3.05) is 32.8 Å². The fourth-order valence-electron chi connectivity index (χ4n) is 2.82. The second kappa shape index (κ2) is 7.25. The fraction of sp³-hybridized carbons (Fsp3) is 0.571. The molecule has 24 heavy (non-hydrogen) atoms. The molecule has 0 saturated carbocycles. The summed E-state index contributed by atoms with van der Waals surface area (Å²) in [7, 11) is -3.66. The van der Waals surface area contributed by atoms with Crippen molar-refractivity contribution >= 4 is 43.5 Å². The second-order valence-corrected chi connectivity index (χ2v) is 8.82.